The molecule has 1 aromatic heterocycles. The van der Waals surface area contributed by atoms with Crippen LogP contribution < -0.4 is 0 Å². The van der Waals surface area contributed by atoms with Crippen LogP contribution >= 0.6 is 15.9 Å². The number of halogens is 1. The van der Waals surface area contributed by atoms with Gasteiger partial charge in [-0.2, -0.15) is 14.7 Å². The second kappa shape index (κ2) is 4.64. The molecule has 1 aromatic rings. The Morgan fingerprint density at radius 2 is 2.28 bits per heavy atom. The standard InChI is InChI=1S/C10H13BrN4O2S/c1-2-18(16,17)14-7-10(8-14,3-4-12)15-6-9(11)5-13-15/h5-6H,2-3,7-8H2,1H3. The van der Waals surface area contributed by atoms with Crippen LogP contribution in [0.5, 0.6) is 0 Å². The van der Waals surface area contributed by atoms with Crippen molar-refractivity contribution in [3.05, 3.63) is 16.9 Å². The van der Waals surface area contributed by atoms with Crippen LogP contribution in [0.25, 0.3) is 0 Å². The van der Waals surface area contributed by atoms with Crippen LogP contribution in [-0.4, -0.2) is 41.3 Å². The van der Waals surface area contributed by atoms with Gasteiger partial charge >= 0.3 is 0 Å². The SMILES string of the molecule is CCS(=O)(=O)N1CC(CC#N)(n2cc(Br)cn2)C1. The summed E-state index contributed by atoms with van der Waals surface area (Å²) in [4.78, 5) is 0. The fraction of sp³-hybridized carbons (Fsp3) is 0.600. The Bertz CT molecular complexity index is 583. The topological polar surface area (TPSA) is 79.0 Å². The zero-order valence-electron chi connectivity index (χ0n) is 9.87. The molecule has 0 amide bonds. The van der Waals surface area contributed by atoms with E-state index in [0.29, 0.717) is 13.1 Å². The maximum absolute atomic E-state index is 11.7. The molecule has 0 atom stereocenters. The molecule has 1 fully saturated rings. The van der Waals surface area contributed by atoms with Crippen molar-refractivity contribution in [1.82, 2.24) is 14.1 Å². The lowest BCUT2D eigenvalue weighted by Gasteiger charge is -2.47. The Morgan fingerprint density at radius 1 is 1.61 bits per heavy atom. The van der Waals surface area contributed by atoms with Gasteiger partial charge in [-0.25, -0.2) is 8.42 Å². The maximum atomic E-state index is 11.7. The summed E-state index contributed by atoms with van der Waals surface area (Å²) in [6, 6.07) is 2.11. The lowest BCUT2D eigenvalue weighted by Crippen LogP contribution is -2.64. The maximum Gasteiger partial charge on any atom is 0.213 e. The van der Waals surface area contributed by atoms with Gasteiger partial charge in [0.25, 0.3) is 0 Å². The van der Waals surface area contributed by atoms with Gasteiger partial charge in [-0.1, -0.05) is 0 Å². The van der Waals surface area contributed by atoms with Crippen molar-refractivity contribution in [2.75, 3.05) is 18.8 Å². The molecule has 2 rings (SSSR count). The molecule has 18 heavy (non-hydrogen) atoms. The van der Waals surface area contributed by atoms with E-state index in [0.717, 1.165) is 4.47 Å². The highest BCUT2D eigenvalue weighted by molar-refractivity contribution is 9.10. The fourth-order valence-corrected chi connectivity index (χ4v) is 3.56. The Balaban J connectivity index is 2.23. The third-order valence-electron chi connectivity index (χ3n) is 3.14. The van der Waals surface area contributed by atoms with Gasteiger partial charge in [-0.05, 0) is 22.9 Å². The summed E-state index contributed by atoms with van der Waals surface area (Å²) >= 11 is 3.30. The summed E-state index contributed by atoms with van der Waals surface area (Å²) in [5, 5.41) is 13.1. The molecule has 8 heteroatoms. The third kappa shape index (κ3) is 2.18. The first-order valence-electron chi connectivity index (χ1n) is 5.49. The van der Waals surface area contributed by atoms with Crippen molar-refractivity contribution < 1.29 is 8.42 Å². The molecule has 1 aliphatic rings. The van der Waals surface area contributed by atoms with Crippen LogP contribution in [-0.2, 0) is 15.6 Å². The predicted octanol–water partition coefficient (Wildman–Crippen LogP) is 0.920. The Morgan fingerprint density at radius 3 is 2.72 bits per heavy atom. The normalized spacial score (nSPS) is 19.2. The molecule has 0 bridgehead atoms. The highest BCUT2D eigenvalue weighted by atomic mass is 79.9. The van der Waals surface area contributed by atoms with Crippen LogP contribution in [0, 0.1) is 11.3 Å². The summed E-state index contributed by atoms with van der Waals surface area (Å²) < 4.78 is 27.3. The Kier molecular flexibility index (Phi) is 3.49. The van der Waals surface area contributed by atoms with Crippen molar-refractivity contribution in [1.29, 1.82) is 5.26 Å². The van der Waals surface area contributed by atoms with Crippen LogP contribution in [0.1, 0.15) is 13.3 Å². The van der Waals surface area contributed by atoms with E-state index >= 15 is 0 Å². The molecule has 0 unspecified atom stereocenters. The zero-order valence-corrected chi connectivity index (χ0v) is 12.3. The summed E-state index contributed by atoms with van der Waals surface area (Å²) in [6.45, 7) is 2.24. The van der Waals surface area contributed by atoms with Gasteiger partial charge in [0.1, 0.15) is 5.54 Å². The van der Waals surface area contributed by atoms with E-state index in [-0.39, 0.29) is 12.2 Å². The van der Waals surface area contributed by atoms with E-state index in [1.807, 2.05) is 0 Å². The highest BCUT2D eigenvalue weighted by Crippen LogP contribution is 2.34. The number of aromatic nitrogens is 2. The van der Waals surface area contributed by atoms with Crippen molar-refractivity contribution in [3.63, 3.8) is 0 Å². The molecule has 0 aromatic carbocycles. The molecule has 0 aliphatic carbocycles. The van der Waals surface area contributed by atoms with E-state index in [9.17, 15) is 8.42 Å². The second-order valence-corrected chi connectivity index (χ2v) is 7.50. The fourth-order valence-electron chi connectivity index (χ4n) is 2.03. The first-order chi connectivity index (χ1) is 8.43. The number of nitrogens with zero attached hydrogens (tertiary/aromatic N) is 4. The minimum atomic E-state index is -3.18. The van der Waals surface area contributed by atoms with Crippen molar-refractivity contribution in [2.24, 2.45) is 0 Å². The first kappa shape index (κ1) is 13.5. The number of rotatable bonds is 4. The van der Waals surface area contributed by atoms with Gasteiger partial charge in [0.05, 0.1) is 28.9 Å². The summed E-state index contributed by atoms with van der Waals surface area (Å²) in [6.07, 6.45) is 3.65. The predicted molar refractivity (Wildman–Crippen MR) is 69.2 cm³/mol. The van der Waals surface area contributed by atoms with Gasteiger partial charge in [-0.15, -0.1) is 0 Å². The van der Waals surface area contributed by atoms with E-state index in [4.69, 9.17) is 5.26 Å². The largest absolute Gasteiger partial charge is 0.262 e. The van der Waals surface area contributed by atoms with Gasteiger partial charge in [0, 0.05) is 19.3 Å². The molecule has 0 radical (unpaired) electrons. The van der Waals surface area contributed by atoms with Crippen LogP contribution in [0.4, 0.5) is 0 Å². The van der Waals surface area contributed by atoms with Crippen molar-refractivity contribution in [3.8, 4) is 6.07 Å². The molecular formula is C10H13BrN4O2S. The van der Waals surface area contributed by atoms with Gasteiger partial charge in [0.2, 0.25) is 10.0 Å². The van der Waals surface area contributed by atoms with Gasteiger partial charge < -0.3 is 0 Å². The molecule has 98 valence electrons. The Labute approximate surface area is 114 Å². The molecule has 0 spiro atoms. The highest BCUT2D eigenvalue weighted by Gasteiger charge is 2.49. The van der Waals surface area contributed by atoms with E-state index < -0.39 is 15.6 Å². The lowest BCUT2D eigenvalue weighted by molar-refractivity contribution is 0.0718. The van der Waals surface area contributed by atoms with Crippen LogP contribution in [0.3, 0.4) is 0 Å². The molecule has 1 aliphatic heterocycles. The smallest absolute Gasteiger partial charge is 0.213 e. The summed E-state index contributed by atoms with van der Waals surface area (Å²) in [5.74, 6) is 0.0818. The van der Waals surface area contributed by atoms with E-state index in [1.165, 1.54) is 4.31 Å². The van der Waals surface area contributed by atoms with E-state index in [2.05, 4.69) is 27.1 Å². The number of hydrogen-bond donors (Lipinski definition) is 0. The second-order valence-electron chi connectivity index (χ2n) is 4.33. The molecule has 0 N–H and O–H groups in total. The average molecular weight is 333 g/mol. The quantitative estimate of drug-likeness (QED) is 0.821. The van der Waals surface area contributed by atoms with Crippen LogP contribution in [0.2, 0.25) is 0 Å². The molecular weight excluding hydrogens is 320 g/mol. The third-order valence-corrected chi connectivity index (χ3v) is 5.33. The number of nitriles is 1. The first-order valence-corrected chi connectivity index (χ1v) is 7.89. The number of hydrogen-bond acceptors (Lipinski definition) is 4. The zero-order chi connectivity index (χ0) is 13.4. The Hall–Kier alpha value is -0.910. The average Bonchev–Trinajstić information content (AvgIpc) is 2.69. The summed E-state index contributed by atoms with van der Waals surface area (Å²) in [7, 11) is -3.18. The minimum absolute atomic E-state index is 0.0818. The monoisotopic (exact) mass is 332 g/mol. The van der Waals surface area contributed by atoms with E-state index in [1.54, 1.807) is 24.0 Å². The molecule has 1 saturated heterocycles. The van der Waals surface area contributed by atoms with Crippen LogP contribution in [0.15, 0.2) is 16.9 Å². The minimum Gasteiger partial charge on any atom is -0.262 e. The lowest BCUT2D eigenvalue weighted by atomic mass is 9.89. The van der Waals surface area contributed by atoms with Gasteiger partial charge in [0.15, 0.2) is 0 Å². The van der Waals surface area contributed by atoms with Crippen molar-refractivity contribution in [2.45, 2.75) is 18.9 Å². The number of sulfonamides is 1. The molecule has 6 nitrogen and oxygen atoms in total. The molecule has 0 saturated carbocycles. The molecule has 2 heterocycles. The van der Waals surface area contributed by atoms with Crippen molar-refractivity contribution >= 4 is 26.0 Å². The van der Waals surface area contributed by atoms with Gasteiger partial charge in [-0.3, -0.25) is 4.68 Å². The summed E-state index contributed by atoms with van der Waals surface area (Å²) in [5.41, 5.74) is -0.525.